The first-order valence-corrected chi connectivity index (χ1v) is 9.02. The molecule has 2 aromatic rings. The molecule has 6 nitrogen and oxygen atoms in total. The summed E-state index contributed by atoms with van der Waals surface area (Å²) in [6, 6.07) is 12.4. The van der Waals surface area contributed by atoms with Gasteiger partial charge < -0.3 is 20.1 Å². The van der Waals surface area contributed by atoms with Crippen molar-refractivity contribution in [2.45, 2.75) is 19.8 Å². The van der Waals surface area contributed by atoms with E-state index in [9.17, 15) is 9.59 Å². The molecule has 142 valence electrons. The summed E-state index contributed by atoms with van der Waals surface area (Å²) in [6.45, 7) is 2.85. The van der Waals surface area contributed by atoms with Crippen LogP contribution in [-0.2, 0) is 9.53 Å². The second-order valence-electron chi connectivity index (χ2n) is 6.56. The van der Waals surface area contributed by atoms with Crippen molar-refractivity contribution < 1.29 is 19.1 Å². The minimum Gasteiger partial charge on any atom is -0.491 e. The van der Waals surface area contributed by atoms with Crippen LogP contribution in [0, 0.1) is 12.8 Å². The maximum Gasteiger partial charge on any atom is 0.255 e. The van der Waals surface area contributed by atoms with E-state index in [0.29, 0.717) is 30.2 Å². The number of carbonyl (C=O) groups excluding carboxylic acids is 2. The molecule has 0 radical (unpaired) electrons. The summed E-state index contributed by atoms with van der Waals surface area (Å²) < 4.78 is 10.4. The van der Waals surface area contributed by atoms with Crippen molar-refractivity contribution in [3.63, 3.8) is 0 Å². The third-order valence-corrected chi connectivity index (χ3v) is 4.46. The molecule has 0 aliphatic heterocycles. The van der Waals surface area contributed by atoms with Crippen LogP contribution >= 0.6 is 0 Å². The standard InChI is InChI=1S/C21H24N2O4/c1-14-18(22-20(24)15-6-7-15)4-3-5-19(14)23-21(25)16-8-10-17(11-9-16)27-13-12-26-2/h3-5,8-11,15H,6-7,12-13H2,1-2H3,(H,22,24)(H,23,25). The molecular formula is C21H24N2O4. The molecule has 2 amide bonds. The average molecular weight is 368 g/mol. The lowest BCUT2D eigenvalue weighted by molar-refractivity contribution is -0.117. The fourth-order valence-electron chi connectivity index (χ4n) is 2.63. The predicted octanol–water partition coefficient (Wildman–Crippen LogP) is 3.62. The van der Waals surface area contributed by atoms with E-state index < -0.39 is 0 Å². The van der Waals surface area contributed by atoms with Gasteiger partial charge in [-0.1, -0.05) is 6.07 Å². The Labute approximate surface area is 158 Å². The van der Waals surface area contributed by atoms with Gasteiger partial charge in [0.25, 0.3) is 5.91 Å². The summed E-state index contributed by atoms with van der Waals surface area (Å²) in [5.41, 5.74) is 2.76. The normalized spacial score (nSPS) is 13.1. The van der Waals surface area contributed by atoms with Crippen LogP contribution in [0.1, 0.15) is 28.8 Å². The first-order chi connectivity index (χ1) is 13.1. The van der Waals surface area contributed by atoms with Crippen LogP contribution in [0.2, 0.25) is 0 Å². The summed E-state index contributed by atoms with van der Waals surface area (Å²) in [5, 5.41) is 5.85. The van der Waals surface area contributed by atoms with E-state index in [2.05, 4.69) is 10.6 Å². The van der Waals surface area contributed by atoms with E-state index in [0.717, 1.165) is 24.1 Å². The number of hydrogen-bond donors (Lipinski definition) is 2. The van der Waals surface area contributed by atoms with Gasteiger partial charge in [-0.05, 0) is 61.7 Å². The van der Waals surface area contributed by atoms with E-state index >= 15 is 0 Å². The van der Waals surface area contributed by atoms with Crippen molar-refractivity contribution in [2.24, 2.45) is 5.92 Å². The number of methoxy groups -OCH3 is 1. The van der Waals surface area contributed by atoms with Gasteiger partial charge in [-0.2, -0.15) is 0 Å². The number of carbonyl (C=O) groups is 2. The van der Waals surface area contributed by atoms with E-state index in [4.69, 9.17) is 9.47 Å². The number of rotatable bonds is 8. The smallest absolute Gasteiger partial charge is 0.255 e. The summed E-state index contributed by atoms with van der Waals surface area (Å²) in [5.74, 6) is 0.648. The SMILES string of the molecule is COCCOc1ccc(C(=O)Nc2cccc(NC(=O)C3CC3)c2C)cc1. The largest absolute Gasteiger partial charge is 0.491 e. The van der Waals surface area contributed by atoms with Crippen LogP contribution in [0.4, 0.5) is 11.4 Å². The molecule has 3 rings (SSSR count). The van der Waals surface area contributed by atoms with Gasteiger partial charge in [-0.15, -0.1) is 0 Å². The first kappa shape index (κ1) is 18.9. The van der Waals surface area contributed by atoms with Crippen molar-refractivity contribution in [2.75, 3.05) is 31.0 Å². The van der Waals surface area contributed by atoms with Gasteiger partial charge in [-0.25, -0.2) is 0 Å². The lowest BCUT2D eigenvalue weighted by Gasteiger charge is -2.13. The molecule has 0 atom stereocenters. The quantitative estimate of drug-likeness (QED) is 0.698. The maximum absolute atomic E-state index is 12.5. The molecule has 27 heavy (non-hydrogen) atoms. The maximum atomic E-state index is 12.5. The van der Waals surface area contributed by atoms with Crippen LogP contribution in [0.15, 0.2) is 42.5 Å². The third-order valence-electron chi connectivity index (χ3n) is 4.46. The predicted molar refractivity (Wildman–Crippen MR) is 104 cm³/mol. The van der Waals surface area contributed by atoms with Crippen molar-refractivity contribution in [3.05, 3.63) is 53.6 Å². The number of benzene rings is 2. The van der Waals surface area contributed by atoms with Crippen LogP contribution in [0.25, 0.3) is 0 Å². The van der Waals surface area contributed by atoms with Crippen LogP contribution in [0.5, 0.6) is 5.75 Å². The number of anilines is 2. The highest BCUT2D eigenvalue weighted by Crippen LogP contribution is 2.31. The Balaban J connectivity index is 1.64. The van der Waals surface area contributed by atoms with Crippen molar-refractivity contribution in [1.82, 2.24) is 0 Å². The van der Waals surface area contributed by atoms with Gasteiger partial charge in [0.15, 0.2) is 0 Å². The lowest BCUT2D eigenvalue weighted by Crippen LogP contribution is -2.16. The van der Waals surface area contributed by atoms with Gasteiger partial charge in [0.1, 0.15) is 12.4 Å². The number of nitrogens with one attached hydrogen (secondary N) is 2. The zero-order chi connectivity index (χ0) is 19.2. The van der Waals surface area contributed by atoms with E-state index in [1.807, 2.05) is 25.1 Å². The molecular weight excluding hydrogens is 344 g/mol. The molecule has 0 unspecified atom stereocenters. The Morgan fingerprint density at radius 3 is 2.30 bits per heavy atom. The molecule has 6 heteroatoms. The molecule has 1 aliphatic rings. The van der Waals surface area contributed by atoms with E-state index in [-0.39, 0.29) is 17.7 Å². The molecule has 1 fully saturated rings. The summed E-state index contributed by atoms with van der Waals surface area (Å²) in [4.78, 5) is 24.5. The molecule has 0 aromatic heterocycles. The third kappa shape index (κ3) is 5.08. The molecule has 2 aromatic carbocycles. The van der Waals surface area contributed by atoms with Gasteiger partial charge in [0.2, 0.25) is 5.91 Å². The highest BCUT2D eigenvalue weighted by Gasteiger charge is 2.29. The van der Waals surface area contributed by atoms with Gasteiger partial charge >= 0.3 is 0 Å². The molecule has 1 saturated carbocycles. The van der Waals surface area contributed by atoms with E-state index in [1.165, 1.54) is 0 Å². The first-order valence-electron chi connectivity index (χ1n) is 9.02. The van der Waals surface area contributed by atoms with Gasteiger partial charge in [-0.3, -0.25) is 9.59 Å². The molecule has 0 heterocycles. The van der Waals surface area contributed by atoms with E-state index in [1.54, 1.807) is 31.4 Å². The highest BCUT2D eigenvalue weighted by molar-refractivity contribution is 6.05. The minimum absolute atomic E-state index is 0.0469. The molecule has 0 saturated heterocycles. The van der Waals surface area contributed by atoms with Gasteiger partial charge in [0, 0.05) is 30.0 Å². The van der Waals surface area contributed by atoms with Crippen molar-refractivity contribution >= 4 is 23.2 Å². The summed E-state index contributed by atoms with van der Waals surface area (Å²) in [6.07, 6.45) is 1.90. The zero-order valence-electron chi connectivity index (χ0n) is 15.6. The number of hydrogen-bond acceptors (Lipinski definition) is 4. The number of ether oxygens (including phenoxy) is 2. The highest BCUT2D eigenvalue weighted by atomic mass is 16.5. The number of amides is 2. The average Bonchev–Trinajstić information content (AvgIpc) is 3.51. The van der Waals surface area contributed by atoms with Crippen LogP contribution in [-0.4, -0.2) is 32.1 Å². The Hall–Kier alpha value is -2.86. The Morgan fingerprint density at radius 1 is 1.00 bits per heavy atom. The Morgan fingerprint density at radius 2 is 1.67 bits per heavy atom. The second-order valence-corrected chi connectivity index (χ2v) is 6.56. The zero-order valence-corrected chi connectivity index (χ0v) is 15.6. The van der Waals surface area contributed by atoms with Crippen LogP contribution in [0.3, 0.4) is 0 Å². The minimum atomic E-state index is -0.216. The molecule has 0 bridgehead atoms. The van der Waals surface area contributed by atoms with Crippen molar-refractivity contribution in [3.8, 4) is 5.75 Å². The fraction of sp³-hybridized carbons (Fsp3) is 0.333. The van der Waals surface area contributed by atoms with Crippen LogP contribution < -0.4 is 15.4 Å². The molecule has 1 aliphatic carbocycles. The monoisotopic (exact) mass is 368 g/mol. The Kier molecular flexibility index (Phi) is 6.08. The Bertz CT molecular complexity index is 813. The summed E-state index contributed by atoms with van der Waals surface area (Å²) >= 11 is 0. The molecule has 0 spiro atoms. The lowest BCUT2D eigenvalue weighted by atomic mass is 10.1. The topological polar surface area (TPSA) is 76.7 Å². The molecule has 2 N–H and O–H groups in total. The van der Waals surface area contributed by atoms with Gasteiger partial charge in [0.05, 0.1) is 6.61 Å². The summed E-state index contributed by atoms with van der Waals surface area (Å²) in [7, 11) is 1.62. The second kappa shape index (κ2) is 8.68. The fourth-order valence-corrected chi connectivity index (χ4v) is 2.63. The van der Waals surface area contributed by atoms with Crippen molar-refractivity contribution in [1.29, 1.82) is 0 Å².